The maximum atomic E-state index is 9.59. The lowest BCUT2D eigenvalue weighted by molar-refractivity contribution is 0.245. The van der Waals surface area contributed by atoms with Gasteiger partial charge in [0, 0.05) is 0 Å². The van der Waals surface area contributed by atoms with Gasteiger partial charge in [-0.05, 0) is 29.8 Å². The lowest BCUT2D eigenvalue weighted by atomic mass is 10.1. The molecule has 4 N–H and O–H groups in total. The Bertz CT molecular complexity index is 529. The van der Waals surface area contributed by atoms with Gasteiger partial charge in [0.15, 0.2) is 0 Å². The van der Waals surface area contributed by atoms with E-state index in [-0.39, 0.29) is 18.2 Å². The molecule has 0 bridgehead atoms. The summed E-state index contributed by atoms with van der Waals surface area (Å²) in [5.74, 6) is 1.14. The van der Waals surface area contributed by atoms with Crippen LogP contribution < -0.4 is 10.5 Å². The molecule has 0 fully saturated rings. The fraction of sp³-hybridized carbons (Fsp3) is 0.0714. The molecule has 0 aliphatic heterocycles. The molecule has 0 saturated heterocycles. The highest BCUT2D eigenvalue weighted by Crippen LogP contribution is 2.23. The molecule has 0 aliphatic rings. The summed E-state index contributed by atoms with van der Waals surface area (Å²) in [6, 6.07) is 16.2. The normalized spacial score (nSPS) is 11.2. The molecule has 4 nitrogen and oxygen atoms in total. The molecule has 0 radical (unpaired) electrons. The number of ether oxygens (including phenoxy) is 1. The quantitative estimate of drug-likeness (QED) is 0.594. The van der Waals surface area contributed by atoms with E-state index < -0.39 is 6.10 Å². The average molecular weight is 279 g/mol. The molecular formula is C14H15ClN2O2. The first-order chi connectivity index (χ1) is 8.66. The van der Waals surface area contributed by atoms with Crippen molar-refractivity contribution in [2.45, 2.75) is 6.10 Å². The van der Waals surface area contributed by atoms with Crippen LogP contribution in [0, 0.1) is 5.41 Å². The van der Waals surface area contributed by atoms with Crippen molar-refractivity contribution in [2.75, 3.05) is 0 Å². The van der Waals surface area contributed by atoms with Gasteiger partial charge in [-0.3, -0.25) is 5.41 Å². The van der Waals surface area contributed by atoms with Gasteiger partial charge in [0.2, 0.25) is 0 Å². The van der Waals surface area contributed by atoms with Gasteiger partial charge >= 0.3 is 0 Å². The van der Waals surface area contributed by atoms with Gasteiger partial charge < -0.3 is 15.6 Å². The first-order valence-corrected chi connectivity index (χ1v) is 5.51. The molecule has 0 spiro atoms. The van der Waals surface area contributed by atoms with E-state index in [0.29, 0.717) is 11.3 Å². The molecule has 100 valence electrons. The van der Waals surface area contributed by atoms with Crippen molar-refractivity contribution in [3.63, 3.8) is 0 Å². The van der Waals surface area contributed by atoms with Crippen LogP contribution in [0.1, 0.15) is 11.7 Å². The Morgan fingerprint density at radius 3 is 2.05 bits per heavy atom. The summed E-state index contributed by atoms with van der Waals surface area (Å²) in [7, 11) is 0. The van der Waals surface area contributed by atoms with E-state index in [1.165, 1.54) is 0 Å². The molecule has 0 heterocycles. The number of hydrogen-bond donors (Lipinski definition) is 3. The second-order valence-electron chi connectivity index (χ2n) is 3.84. The van der Waals surface area contributed by atoms with E-state index in [2.05, 4.69) is 0 Å². The van der Waals surface area contributed by atoms with Crippen LogP contribution in [0.15, 0.2) is 54.6 Å². The first kappa shape index (κ1) is 15.0. The average Bonchev–Trinajstić information content (AvgIpc) is 2.40. The van der Waals surface area contributed by atoms with Crippen molar-refractivity contribution < 1.29 is 9.84 Å². The van der Waals surface area contributed by atoms with Gasteiger partial charge in [-0.15, -0.1) is 12.4 Å². The summed E-state index contributed by atoms with van der Waals surface area (Å²) in [5, 5.41) is 16.8. The van der Waals surface area contributed by atoms with Crippen LogP contribution in [0.3, 0.4) is 0 Å². The van der Waals surface area contributed by atoms with Crippen LogP contribution in [0.4, 0.5) is 0 Å². The molecule has 1 atom stereocenters. The van der Waals surface area contributed by atoms with Gasteiger partial charge in [-0.25, -0.2) is 0 Å². The third kappa shape index (κ3) is 3.98. The fourth-order valence-corrected chi connectivity index (χ4v) is 1.52. The molecule has 19 heavy (non-hydrogen) atoms. The lowest BCUT2D eigenvalue weighted by Crippen LogP contribution is -2.19. The molecule has 2 rings (SSSR count). The first-order valence-electron chi connectivity index (χ1n) is 5.51. The number of halogens is 1. The van der Waals surface area contributed by atoms with E-state index in [1.54, 1.807) is 24.3 Å². The molecule has 0 saturated carbocycles. The van der Waals surface area contributed by atoms with E-state index in [9.17, 15) is 5.11 Å². The maximum absolute atomic E-state index is 9.59. The highest BCUT2D eigenvalue weighted by molar-refractivity contribution is 5.85. The number of amidine groups is 1. The molecule has 5 heteroatoms. The number of nitrogens with two attached hydrogens (primary N) is 1. The lowest BCUT2D eigenvalue weighted by Gasteiger charge is -2.10. The van der Waals surface area contributed by atoms with Gasteiger partial charge in [0.25, 0.3) is 0 Å². The largest absolute Gasteiger partial charge is 0.457 e. The Morgan fingerprint density at radius 2 is 1.53 bits per heavy atom. The van der Waals surface area contributed by atoms with Crippen molar-refractivity contribution in [1.82, 2.24) is 0 Å². The third-order valence-electron chi connectivity index (χ3n) is 2.47. The van der Waals surface area contributed by atoms with Gasteiger partial charge in [0.1, 0.15) is 23.4 Å². The Morgan fingerprint density at radius 1 is 1.00 bits per heavy atom. The number of aliphatic hydroxyl groups is 1. The zero-order valence-electron chi connectivity index (χ0n) is 10.1. The number of hydrogen-bond acceptors (Lipinski definition) is 3. The van der Waals surface area contributed by atoms with Crippen molar-refractivity contribution in [2.24, 2.45) is 5.73 Å². The number of benzene rings is 2. The van der Waals surface area contributed by atoms with Crippen LogP contribution in [-0.4, -0.2) is 10.9 Å². The predicted molar refractivity (Wildman–Crippen MR) is 77.1 cm³/mol. The van der Waals surface area contributed by atoms with E-state index in [0.717, 1.165) is 5.75 Å². The topological polar surface area (TPSA) is 79.3 Å². The second kappa shape index (κ2) is 6.78. The van der Waals surface area contributed by atoms with Crippen LogP contribution in [0.25, 0.3) is 0 Å². The zero-order chi connectivity index (χ0) is 13.0. The monoisotopic (exact) mass is 278 g/mol. The van der Waals surface area contributed by atoms with Gasteiger partial charge in [-0.1, -0.05) is 30.3 Å². The minimum absolute atomic E-state index is 0. The molecule has 0 aliphatic carbocycles. The Labute approximate surface area is 117 Å². The standard InChI is InChI=1S/C14H14N2O2.ClH/c15-14(16)13(17)10-6-8-12(9-7-10)18-11-4-2-1-3-5-11;/h1-9,13,17H,(H3,15,16);1H. The number of rotatable bonds is 4. The van der Waals surface area contributed by atoms with Gasteiger partial charge in [-0.2, -0.15) is 0 Å². The summed E-state index contributed by atoms with van der Waals surface area (Å²) < 4.78 is 5.61. The SMILES string of the molecule is Cl.N=C(N)C(O)c1ccc(Oc2ccccc2)cc1. The minimum atomic E-state index is -1.06. The zero-order valence-corrected chi connectivity index (χ0v) is 10.9. The Balaban J connectivity index is 0.00000180. The predicted octanol–water partition coefficient (Wildman–Crippen LogP) is 2.87. The molecule has 2 aromatic carbocycles. The summed E-state index contributed by atoms with van der Waals surface area (Å²) in [6.07, 6.45) is -1.06. The van der Waals surface area contributed by atoms with Crippen LogP contribution >= 0.6 is 12.4 Å². The highest BCUT2D eigenvalue weighted by Gasteiger charge is 2.10. The highest BCUT2D eigenvalue weighted by atomic mass is 35.5. The smallest absolute Gasteiger partial charge is 0.135 e. The summed E-state index contributed by atoms with van der Waals surface area (Å²) in [6.45, 7) is 0. The number of nitrogens with one attached hydrogen (secondary N) is 1. The van der Waals surface area contributed by atoms with Crippen molar-refractivity contribution >= 4 is 18.2 Å². The van der Waals surface area contributed by atoms with Crippen LogP contribution in [0.2, 0.25) is 0 Å². The summed E-state index contributed by atoms with van der Waals surface area (Å²) in [5.41, 5.74) is 5.80. The Hall–Kier alpha value is -2.04. The molecule has 2 aromatic rings. The molecule has 0 amide bonds. The van der Waals surface area contributed by atoms with Crippen LogP contribution in [-0.2, 0) is 0 Å². The second-order valence-corrected chi connectivity index (χ2v) is 3.84. The van der Waals surface area contributed by atoms with Crippen molar-refractivity contribution in [3.05, 3.63) is 60.2 Å². The fourth-order valence-electron chi connectivity index (χ4n) is 1.52. The summed E-state index contributed by atoms with van der Waals surface area (Å²) in [4.78, 5) is 0. The van der Waals surface area contributed by atoms with E-state index in [4.69, 9.17) is 15.9 Å². The van der Waals surface area contributed by atoms with E-state index in [1.807, 2.05) is 30.3 Å². The van der Waals surface area contributed by atoms with Crippen molar-refractivity contribution in [1.29, 1.82) is 5.41 Å². The van der Waals surface area contributed by atoms with Gasteiger partial charge in [0.05, 0.1) is 0 Å². The van der Waals surface area contributed by atoms with E-state index >= 15 is 0 Å². The molecule has 1 unspecified atom stereocenters. The third-order valence-corrected chi connectivity index (χ3v) is 2.47. The Kier molecular flexibility index (Phi) is 5.36. The minimum Gasteiger partial charge on any atom is -0.457 e. The van der Waals surface area contributed by atoms with Crippen LogP contribution in [0.5, 0.6) is 11.5 Å². The maximum Gasteiger partial charge on any atom is 0.135 e. The number of para-hydroxylation sites is 1. The molecule has 0 aromatic heterocycles. The summed E-state index contributed by atoms with van der Waals surface area (Å²) >= 11 is 0. The number of aliphatic hydroxyl groups excluding tert-OH is 1. The molecular weight excluding hydrogens is 264 g/mol. The van der Waals surface area contributed by atoms with Crippen molar-refractivity contribution in [3.8, 4) is 11.5 Å².